The molecule has 7 heteroatoms. The van der Waals surface area contributed by atoms with Gasteiger partial charge in [0.1, 0.15) is 6.26 Å². The molecule has 1 saturated carbocycles. The molecular formula is C24H31N3O3S. The third kappa shape index (κ3) is 4.67. The molecule has 2 aromatic heterocycles. The lowest BCUT2D eigenvalue weighted by atomic mass is 9.77. The van der Waals surface area contributed by atoms with Crippen molar-refractivity contribution in [3.8, 4) is 0 Å². The largest absolute Gasteiger partial charge is 0.448 e. The molecule has 0 aliphatic heterocycles. The first-order chi connectivity index (χ1) is 14.6. The van der Waals surface area contributed by atoms with E-state index in [0.717, 1.165) is 27.1 Å². The second-order valence-electron chi connectivity index (χ2n) is 9.54. The fourth-order valence-electron chi connectivity index (χ4n) is 4.46. The predicted octanol–water partition coefficient (Wildman–Crippen LogP) is 6.00. The minimum absolute atomic E-state index is 0.214. The Kier molecular flexibility index (Phi) is 5.92. The number of anilines is 1. The number of thiazole rings is 1. The lowest BCUT2D eigenvalue weighted by Crippen LogP contribution is -2.21. The van der Waals surface area contributed by atoms with Gasteiger partial charge in [0.05, 0.1) is 20.8 Å². The zero-order chi connectivity index (χ0) is 22.3. The summed E-state index contributed by atoms with van der Waals surface area (Å²) in [6.45, 7) is 9.75. The number of nitrogens with one attached hydrogen (secondary N) is 1. The smallest absolute Gasteiger partial charge is 0.277 e. The Morgan fingerprint density at radius 3 is 2.52 bits per heavy atom. The minimum atomic E-state index is -1.13. The van der Waals surface area contributed by atoms with Crippen molar-refractivity contribution in [2.75, 3.05) is 5.32 Å². The van der Waals surface area contributed by atoms with Gasteiger partial charge in [-0.2, -0.15) is 0 Å². The van der Waals surface area contributed by atoms with Crippen LogP contribution in [0.3, 0.4) is 0 Å². The molecule has 166 valence electrons. The molecule has 0 radical (unpaired) electrons. The standard InChI is InChI=1S/C24H31N3O3S/c1-13(2)15-6-8-16(9-7-15)23-27-19-10-17(24(4,5)29)18(11-21(19)31-23)26-22(28)20-12-30-14(3)25-20/h10-13,15-16,29H,6-9H2,1-5H3,(H,26,28)/t15-,16-. The van der Waals surface area contributed by atoms with E-state index >= 15 is 0 Å². The summed E-state index contributed by atoms with van der Waals surface area (Å²) in [5.74, 6) is 2.12. The van der Waals surface area contributed by atoms with Crippen LogP contribution >= 0.6 is 11.3 Å². The first kappa shape index (κ1) is 22.0. The van der Waals surface area contributed by atoms with Gasteiger partial charge in [0.15, 0.2) is 11.6 Å². The van der Waals surface area contributed by atoms with Crippen molar-refractivity contribution in [2.24, 2.45) is 11.8 Å². The maximum Gasteiger partial charge on any atom is 0.277 e. The molecule has 0 unspecified atom stereocenters. The van der Waals surface area contributed by atoms with Gasteiger partial charge in [-0.3, -0.25) is 4.79 Å². The van der Waals surface area contributed by atoms with Crippen molar-refractivity contribution < 1.29 is 14.3 Å². The van der Waals surface area contributed by atoms with E-state index in [-0.39, 0.29) is 11.6 Å². The Morgan fingerprint density at radius 2 is 1.94 bits per heavy atom. The molecule has 0 bridgehead atoms. The van der Waals surface area contributed by atoms with Crippen molar-refractivity contribution in [3.05, 3.63) is 40.6 Å². The Hall–Kier alpha value is -2.25. The highest BCUT2D eigenvalue weighted by Gasteiger charge is 2.28. The molecule has 0 saturated heterocycles. The Balaban J connectivity index is 1.64. The second kappa shape index (κ2) is 8.36. The topological polar surface area (TPSA) is 88.2 Å². The Bertz CT molecular complexity index is 1090. The molecule has 4 rings (SSSR count). The summed E-state index contributed by atoms with van der Waals surface area (Å²) >= 11 is 1.70. The molecule has 1 amide bonds. The highest BCUT2D eigenvalue weighted by Crippen LogP contribution is 2.42. The number of aliphatic hydroxyl groups is 1. The van der Waals surface area contributed by atoms with Crippen LogP contribution in [0.1, 0.15) is 86.2 Å². The van der Waals surface area contributed by atoms with Crippen LogP contribution in [0, 0.1) is 18.8 Å². The van der Waals surface area contributed by atoms with E-state index in [4.69, 9.17) is 9.40 Å². The van der Waals surface area contributed by atoms with Gasteiger partial charge in [0.2, 0.25) is 0 Å². The number of oxazole rings is 1. The fourth-order valence-corrected chi connectivity index (χ4v) is 5.62. The van der Waals surface area contributed by atoms with Crippen LogP contribution < -0.4 is 5.32 Å². The minimum Gasteiger partial charge on any atom is -0.448 e. The molecule has 0 atom stereocenters. The zero-order valence-electron chi connectivity index (χ0n) is 18.9. The molecule has 31 heavy (non-hydrogen) atoms. The Labute approximate surface area is 187 Å². The lowest BCUT2D eigenvalue weighted by molar-refractivity contribution is 0.0794. The molecule has 6 nitrogen and oxygen atoms in total. The number of aryl methyl sites for hydroxylation is 1. The van der Waals surface area contributed by atoms with Gasteiger partial charge in [0, 0.05) is 24.1 Å². The van der Waals surface area contributed by atoms with Crippen LogP contribution in [-0.2, 0) is 5.60 Å². The highest BCUT2D eigenvalue weighted by atomic mass is 32.1. The summed E-state index contributed by atoms with van der Waals surface area (Å²) in [4.78, 5) is 21.7. The molecule has 2 N–H and O–H groups in total. The number of aromatic nitrogens is 2. The van der Waals surface area contributed by atoms with Crippen LogP contribution in [0.5, 0.6) is 0 Å². The average Bonchev–Trinajstić information content (AvgIpc) is 3.32. The highest BCUT2D eigenvalue weighted by molar-refractivity contribution is 7.18. The quantitative estimate of drug-likeness (QED) is 0.507. The number of hydrogen-bond donors (Lipinski definition) is 2. The van der Waals surface area contributed by atoms with E-state index in [0.29, 0.717) is 23.1 Å². The second-order valence-corrected chi connectivity index (χ2v) is 10.6. The van der Waals surface area contributed by atoms with Crippen LogP contribution in [0.4, 0.5) is 5.69 Å². The zero-order valence-corrected chi connectivity index (χ0v) is 19.7. The van der Waals surface area contributed by atoms with Crippen molar-refractivity contribution in [2.45, 2.75) is 71.8 Å². The number of rotatable bonds is 5. The first-order valence-corrected chi connectivity index (χ1v) is 11.8. The van der Waals surface area contributed by atoms with Gasteiger partial charge >= 0.3 is 0 Å². The molecular weight excluding hydrogens is 410 g/mol. The summed E-state index contributed by atoms with van der Waals surface area (Å²) in [5.41, 5.74) is 1.17. The van der Waals surface area contributed by atoms with Crippen LogP contribution in [0.15, 0.2) is 22.8 Å². The van der Waals surface area contributed by atoms with Gasteiger partial charge in [-0.25, -0.2) is 9.97 Å². The predicted molar refractivity (Wildman–Crippen MR) is 124 cm³/mol. The normalized spacial score (nSPS) is 19.8. The van der Waals surface area contributed by atoms with Gasteiger partial charge in [-0.1, -0.05) is 13.8 Å². The van der Waals surface area contributed by atoms with Crippen molar-refractivity contribution in [1.82, 2.24) is 9.97 Å². The first-order valence-electron chi connectivity index (χ1n) is 11.0. The third-order valence-corrected chi connectivity index (χ3v) is 7.55. The molecule has 1 aliphatic carbocycles. The number of carbonyl (C=O) groups is 1. The summed E-state index contributed by atoms with van der Waals surface area (Å²) in [5, 5.41) is 14.8. The van der Waals surface area contributed by atoms with Gasteiger partial charge in [-0.05, 0) is 63.5 Å². The maximum absolute atomic E-state index is 12.7. The molecule has 2 heterocycles. The van der Waals surface area contributed by atoms with Crippen molar-refractivity contribution in [3.63, 3.8) is 0 Å². The monoisotopic (exact) mass is 441 g/mol. The average molecular weight is 442 g/mol. The molecule has 0 spiro atoms. The van der Waals surface area contributed by atoms with E-state index in [1.807, 2.05) is 12.1 Å². The van der Waals surface area contributed by atoms with Crippen molar-refractivity contribution >= 4 is 33.1 Å². The summed E-state index contributed by atoms with van der Waals surface area (Å²) in [6.07, 6.45) is 6.20. The molecule has 1 aliphatic rings. The number of nitrogens with zero attached hydrogens (tertiary/aromatic N) is 2. The molecule has 3 aromatic rings. The van der Waals surface area contributed by atoms with Crippen molar-refractivity contribution in [1.29, 1.82) is 0 Å². The molecule has 1 aromatic carbocycles. The van der Waals surface area contributed by atoms with Crippen LogP contribution in [0.2, 0.25) is 0 Å². The molecule has 1 fully saturated rings. The van der Waals surface area contributed by atoms with E-state index in [1.54, 1.807) is 32.1 Å². The third-order valence-electron chi connectivity index (χ3n) is 6.37. The SMILES string of the molecule is Cc1nc(C(=O)Nc2cc3sc([C@H]4CC[C@H](C(C)C)CC4)nc3cc2C(C)(C)O)co1. The Morgan fingerprint density at radius 1 is 1.23 bits per heavy atom. The number of benzene rings is 1. The van der Waals surface area contributed by atoms with E-state index in [2.05, 4.69) is 24.1 Å². The summed E-state index contributed by atoms with van der Waals surface area (Å²) in [6, 6.07) is 3.83. The fraction of sp³-hybridized carbons (Fsp3) is 0.542. The summed E-state index contributed by atoms with van der Waals surface area (Å²) < 4.78 is 6.17. The lowest BCUT2D eigenvalue weighted by Gasteiger charge is -2.29. The number of carbonyl (C=O) groups excluding carboxylic acids is 1. The van der Waals surface area contributed by atoms with E-state index in [9.17, 15) is 9.90 Å². The number of hydrogen-bond acceptors (Lipinski definition) is 6. The van der Waals surface area contributed by atoms with Gasteiger partial charge in [-0.15, -0.1) is 11.3 Å². The number of amides is 1. The van der Waals surface area contributed by atoms with Gasteiger partial charge in [0.25, 0.3) is 5.91 Å². The van der Waals surface area contributed by atoms with Crippen LogP contribution in [0.25, 0.3) is 10.2 Å². The number of fused-ring (bicyclic) bond motifs is 1. The van der Waals surface area contributed by atoms with Crippen LogP contribution in [-0.4, -0.2) is 21.0 Å². The maximum atomic E-state index is 12.7. The van der Waals surface area contributed by atoms with E-state index < -0.39 is 5.60 Å². The van der Waals surface area contributed by atoms with Gasteiger partial charge < -0.3 is 14.8 Å². The van der Waals surface area contributed by atoms with E-state index in [1.165, 1.54) is 31.9 Å². The summed E-state index contributed by atoms with van der Waals surface area (Å²) in [7, 11) is 0.